The van der Waals surface area contributed by atoms with Crippen LogP contribution in [0, 0.1) is 12.8 Å². The Morgan fingerprint density at radius 2 is 2.04 bits per heavy atom. The molecule has 1 aliphatic heterocycles. The van der Waals surface area contributed by atoms with Crippen LogP contribution in [0.25, 0.3) is 0 Å². The Kier molecular flexibility index (Phi) is 3.33. The highest BCUT2D eigenvalue weighted by atomic mass is 16.1. The van der Waals surface area contributed by atoms with Crippen LogP contribution in [0.1, 0.15) is 52.4 Å². The summed E-state index contributed by atoms with van der Waals surface area (Å²) in [5.74, 6) is 1.05. The third kappa shape index (κ3) is 2.39. The number of hydrogen-bond donors (Lipinski definition) is 1. The van der Waals surface area contributed by atoms with Crippen molar-refractivity contribution >= 4 is 11.5 Å². The van der Waals surface area contributed by atoms with Crippen LogP contribution in [0.3, 0.4) is 0 Å². The lowest BCUT2D eigenvalue weighted by atomic mass is 9.76. The molecule has 2 aromatic carbocycles. The zero-order valence-electron chi connectivity index (χ0n) is 13.5. The second-order valence-corrected chi connectivity index (χ2v) is 6.75. The van der Waals surface area contributed by atoms with Crippen LogP contribution in [-0.2, 0) is 0 Å². The average molecular weight is 303 g/mol. The van der Waals surface area contributed by atoms with Gasteiger partial charge in [-0.05, 0) is 55.5 Å². The molecule has 0 radical (unpaired) electrons. The Balaban J connectivity index is 1.79. The molecule has 1 aliphatic carbocycles. The molecule has 23 heavy (non-hydrogen) atoms. The van der Waals surface area contributed by atoms with Gasteiger partial charge in [0, 0.05) is 17.2 Å². The van der Waals surface area contributed by atoms with Crippen molar-refractivity contribution in [2.24, 2.45) is 5.92 Å². The number of fused-ring (bicyclic) bond motifs is 3. The van der Waals surface area contributed by atoms with Crippen LogP contribution in [0.2, 0.25) is 0 Å². The van der Waals surface area contributed by atoms with Gasteiger partial charge in [-0.2, -0.15) is 0 Å². The Morgan fingerprint density at radius 3 is 2.83 bits per heavy atom. The SMILES string of the molecule is CC(=O)c1ccc2c(c1)C1C=CCC1C(c1cccc(C)c1)N2. The minimum Gasteiger partial charge on any atom is -0.378 e. The monoisotopic (exact) mass is 303 g/mol. The molecule has 0 spiro atoms. The smallest absolute Gasteiger partial charge is 0.159 e. The first-order valence-corrected chi connectivity index (χ1v) is 8.28. The van der Waals surface area contributed by atoms with E-state index in [0.29, 0.717) is 17.9 Å². The van der Waals surface area contributed by atoms with E-state index in [1.807, 2.05) is 6.07 Å². The normalized spacial score (nSPS) is 24.7. The molecule has 0 saturated heterocycles. The van der Waals surface area contributed by atoms with Crippen molar-refractivity contribution in [1.82, 2.24) is 0 Å². The third-order valence-corrected chi connectivity index (χ3v) is 5.17. The summed E-state index contributed by atoms with van der Waals surface area (Å²) in [7, 11) is 0. The van der Waals surface area contributed by atoms with Crippen molar-refractivity contribution < 1.29 is 4.79 Å². The summed E-state index contributed by atoms with van der Waals surface area (Å²) in [6.07, 6.45) is 5.69. The van der Waals surface area contributed by atoms with Crippen LogP contribution < -0.4 is 5.32 Å². The molecule has 0 saturated carbocycles. The van der Waals surface area contributed by atoms with E-state index in [9.17, 15) is 4.79 Å². The number of carbonyl (C=O) groups excluding carboxylic acids is 1. The van der Waals surface area contributed by atoms with Gasteiger partial charge in [-0.25, -0.2) is 0 Å². The molecular formula is C21H21NO. The van der Waals surface area contributed by atoms with Gasteiger partial charge in [0.25, 0.3) is 0 Å². The molecule has 116 valence electrons. The highest BCUT2D eigenvalue weighted by Crippen LogP contribution is 2.49. The third-order valence-electron chi connectivity index (χ3n) is 5.17. The molecule has 0 aromatic heterocycles. The van der Waals surface area contributed by atoms with Gasteiger partial charge < -0.3 is 5.32 Å². The molecule has 2 nitrogen and oxygen atoms in total. The number of Topliss-reactive ketones (excluding diaryl/α,β-unsaturated/α-hetero) is 1. The molecule has 3 atom stereocenters. The Hall–Kier alpha value is -2.35. The lowest BCUT2D eigenvalue weighted by molar-refractivity contribution is 0.101. The fraction of sp³-hybridized carbons (Fsp3) is 0.286. The number of rotatable bonds is 2. The lowest BCUT2D eigenvalue weighted by Gasteiger charge is -2.37. The van der Waals surface area contributed by atoms with Gasteiger partial charge in [-0.3, -0.25) is 4.79 Å². The van der Waals surface area contributed by atoms with Gasteiger partial charge in [0.15, 0.2) is 5.78 Å². The summed E-state index contributed by atoms with van der Waals surface area (Å²) in [5.41, 5.74) is 5.88. The van der Waals surface area contributed by atoms with Gasteiger partial charge in [0.05, 0.1) is 6.04 Å². The number of anilines is 1. The zero-order chi connectivity index (χ0) is 16.0. The lowest BCUT2D eigenvalue weighted by Crippen LogP contribution is -2.29. The van der Waals surface area contributed by atoms with Crippen LogP contribution in [-0.4, -0.2) is 5.78 Å². The first-order valence-electron chi connectivity index (χ1n) is 8.28. The van der Waals surface area contributed by atoms with Crippen molar-refractivity contribution in [2.75, 3.05) is 5.32 Å². The second-order valence-electron chi connectivity index (χ2n) is 6.75. The second kappa shape index (κ2) is 5.38. The molecule has 2 aliphatic rings. The highest BCUT2D eigenvalue weighted by Gasteiger charge is 2.37. The number of nitrogens with one attached hydrogen (secondary N) is 1. The summed E-state index contributed by atoms with van der Waals surface area (Å²) in [5, 5.41) is 3.73. The van der Waals surface area contributed by atoms with Crippen LogP contribution >= 0.6 is 0 Å². The predicted molar refractivity (Wildman–Crippen MR) is 94.0 cm³/mol. The van der Waals surface area contributed by atoms with Gasteiger partial charge in [0.2, 0.25) is 0 Å². The molecule has 1 heterocycles. The molecular weight excluding hydrogens is 282 g/mol. The molecule has 0 fully saturated rings. The molecule has 3 unspecified atom stereocenters. The Bertz CT molecular complexity index is 805. The molecule has 0 bridgehead atoms. The van der Waals surface area contributed by atoms with Crippen LogP contribution in [0.5, 0.6) is 0 Å². The summed E-state index contributed by atoms with van der Waals surface area (Å²) in [6, 6.07) is 15.2. The van der Waals surface area contributed by atoms with E-state index in [1.54, 1.807) is 6.92 Å². The number of carbonyl (C=O) groups is 1. The fourth-order valence-electron chi connectivity index (χ4n) is 4.01. The standard InChI is InChI=1S/C21H21NO/c1-13-5-3-6-16(11-13)21-18-8-4-7-17(18)19-12-15(14(2)23)9-10-20(19)22-21/h3-7,9-12,17-18,21-22H,8H2,1-2H3. The Labute approximate surface area is 137 Å². The first kappa shape index (κ1) is 14.3. The van der Waals surface area contributed by atoms with E-state index < -0.39 is 0 Å². The Morgan fingerprint density at radius 1 is 1.17 bits per heavy atom. The van der Waals surface area contributed by atoms with E-state index >= 15 is 0 Å². The maximum Gasteiger partial charge on any atom is 0.159 e. The number of benzene rings is 2. The maximum absolute atomic E-state index is 11.7. The van der Waals surface area contributed by atoms with Crippen molar-refractivity contribution in [2.45, 2.75) is 32.2 Å². The van der Waals surface area contributed by atoms with E-state index in [-0.39, 0.29) is 5.78 Å². The van der Waals surface area contributed by atoms with Crippen LogP contribution in [0.4, 0.5) is 5.69 Å². The predicted octanol–water partition coefficient (Wildman–Crippen LogP) is 5.02. The summed E-state index contributed by atoms with van der Waals surface area (Å²) in [6.45, 7) is 3.78. The molecule has 0 amide bonds. The number of aryl methyl sites for hydroxylation is 1. The fourth-order valence-corrected chi connectivity index (χ4v) is 4.01. The van der Waals surface area contributed by atoms with Gasteiger partial charge >= 0.3 is 0 Å². The number of ketones is 1. The van der Waals surface area contributed by atoms with E-state index in [4.69, 9.17) is 0 Å². The highest BCUT2D eigenvalue weighted by molar-refractivity contribution is 5.95. The van der Waals surface area contributed by atoms with Crippen molar-refractivity contribution in [3.05, 3.63) is 76.9 Å². The zero-order valence-corrected chi connectivity index (χ0v) is 13.5. The quantitative estimate of drug-likeness (QED) is 0.623. The van der Waals surface area contributed by atoms with Crippen molar-refractivity contribution in [3.8, 4) is 0 Å². The molecule has 1 N–H and O–H groups in total. The minimum atomic E-state index is 0.132. The van der Waals surface area contributed by atoms with Crippen molar-refractivity contribution in [1.29, 1.82) is 0 Å². The number of hydrogen-bond acceptors (Lipinski definition) is 2. The van der Waals surface area contributed by atoms with E-state index in [2.05, 4.69) is 60.8 Å². The number of allylic oxidation sites excluding steroid dienone is 2. The first-order chi connectivity index (χ1) is 11.1. The topological polar surface area (TPSA) is 29.1 Å². The minimum absolute atomic E-state index is 0.132. The van der Waals surface area contributed by atoms with E-state index in [1.165, 1.54) is 16.7 Å². The maximum atomic E-state index is 11.7. The van der Waals surface area contributed by atoms with E-state index in [0.717, 1.165) is 17.7 Å². The average Bonchev–Trinajstić information content (AvgIpc) is 3.03. The molecule has 2 aromatic rings. The molecule has 4 rings (SSSR count). The van der Waals surface area contributed by atoms with Crippen molar-refractivity contribution in [3.63, 3.8) is 0 Å². The van der Waals surface area contributed by atoms with Gasteiger partial charge in [-0.15, -0.1) is 0 Å². The van der Waals surface area contributed by atoms with Gasteiger partial charge in [0.1, 0.15) is 0 Å². The van der Waals surface area contributed by atoms with Gasteiger partial charge in [-0.1, -0.05) is 42.0 Å². The summed E-state index contributed by atoms with van der Waals surface area (Å²) >= 11 is 0. The summed E-state index contributed by atoms with van der Waals surface area (Å²) in [4.78, 5) is 11.7. The molecule has 2 heteroatoms. The van der Waals surface area contributed by atoms with Crippen LogP contribution in [0.15, 0.2) is 54.6 Å². The largest absolute Gasteiger partial charge is 0.378 e. The summed E-state index contributed by atoms with van der Waals surface area (Å²) < 4.78 is 0.